The van der Waals surface area contributed by atoms with Gasteiger partial charge in [-0.05, 0) is 37.3 Å². The van der Waals surface area contributed by atoms with Crippen LogP contribution in [0.1, 0.15) is 24.8 Å². The lowest BCUT2D eigenvalue weighted by molar-refractivity contribution is 0.0634. The first-order valence-electron chi connectivity index (χ1n) is 6.75. The predicted octanol–water partition coefficient (Wildman–Crippen LogP) is 2.13. The lowest BCUT2D eigenvalue weighted by Crippen LogP contribution is -2.41. The van der Waals surface area contributed by atoms with E-state index < -0.39 is 0 Å². The fourth-order valence-electron chi connectivity index (χ4n) is 3.59. The van der Waals surface area contributed by atoms with Crippen LogP contribution in [0.2, 0.25) is 0 Å². The number of para-hydroxylation sites is 1. The van der Waals surface area contributed by atoms with Crippen LogP contribution in [0.4, 0.5) is 0 Å². The van der Waals surface area contributed by atoms with E-state index in [1.807, 2.05) is 12.1 Å². The van der Waals surface area contributed by atoms with E-state index in [1.165, 1.54) is 12.0 Å². The first-order chi connectivity index (χ1) is 8.77. The van der Waals surface area contributed by atoms with Gasteiger partial charge in [-0.1, -0.05) is 18.2 Å². The molecule has 0 spiro atoms. The second-order valence-corrected chi connectivity index (χ2v) is 5.58. The third kappa shape index (κ3) is 1.82. The summed E-state index contributed by atoms with van der Waals surface area (Å²) >= 11 is 0. The second kappa shape index (κ2) is 4.56. The van der Waals surface area contributed by atoms with Gasteiger partial charge in [0.1, 0.15) is 5.75 Å². The molecule has 3 heteroatoms. The summed E-state index contributed by atoms with van der Waals surface area (Å²) in [5.41, 5.74) is 7.45. The molecule has 98 valence electrons. The molecule has 3 unspecified atom stereocenters. The second-order valence-electron chi connectivity index (χ2n) is 5.58. The highest BCUT2D eigenvalue weighted by Crippen LogP contribution is 2.49. The Hall–Kier alpha value is -1.06. The highest BCUT2D eigenvalue weighted by atomic mass is 16.5. The maximum absolute atomic E-state index is 6.07. The Kier molecular flexibility index (Phi) is 3.04. The summed E-state index contributed by atoms with van der Waals surface area (Å²) in [5, 5.41) is 0. The monoisotopic (exact) mass is 247 g/mol. The van der Waals surface area contributed by atoms with E-state index in [4.69, 9.17) is 15.2 Å². The van der Waals surface area contributed by atoms with Gasteiger partial charge in [0, 0.05) is 12.0 Å². The van der Waals surface area contributed by atoms with Crippen molar-refractivity contribution in [3.63, 3.8) is 0 Å². The van der Waals surface area contributed by atoms with Gasteiger partial charge in [-0.25, -0.2) is 0 Å². The fourth-order valence-corrected chi connectivity index (χ4v) is 3.59. The Bertz CT molecular complexity index is 434. The number of hydrogen-bond donors (Lipinski definition) is 1. The van der Waals surface area contributed by atoms with E-state index in [0.717, 1.165) is 25.0 Å². The molecule has 3 nitrogen and oxygen atoms in total. The van der Waals surface area contributed by atoms with E-state index in [1.54, 1.807) is 7.11 Å². The van der Waals surface area contributed by atoms with Crippen molar-refractivity contribution in [3.8, 4) is 5.75 Å². The molecule has 0 saturated carbocycles. The van der Waals surface area contributed by atoms with E-state index in [-0.39, 0.29) is 5.41 Å². The molecule has 3 rings (SSSR count). The predicted molar refractivity (Wildman–Crippen MR) is 70.7 cm³/mol. The Morgan fingerprint density at radius 3 is 2.83 bits per heavy atom. The van der Waals surface area contributed by atoms with Crippen LogP contribution >= 0.6 is 0 Å². The summed E-state index contributed by atoms with van der Waals surface area (Å²) in [6, 6.07) is 8.24. The average molecular weight is 247 g/mol. The zero-order valence-corrected chi connectivity index (χ0v) is 10.9. The minimum atomic E-state index is 0.123. The quantitative estimate of drug-likeness (QED) is 0.886. The van der Waals surface area contributed by atoms with Gasteiger partial charge in [-0.2, -0.15) is 0 Å². The molecule has 2 heterocycles. The highest BCUT2D eigenvalue weighted by Gasteiger charge is 2.51. The average Bonchev–Trinajstić information content (AvgIpc) is 3.00. The van der Waals surface area contributed by atoms with E-state index >= 15 is 0 Å². The Labute approximate surface area is 108 Å². The van der Waals surface area contributed by atoms with Crippen molar-refractivity contribution in [3.05, 3.63) is 29.8 Å². The molecule has 18 heavy (non-hydrogen) atoms. The zero-order chi connectivity index (χ0) is 12.6. The molecule has 1 aromatic carbocycles. The number of ether oxygens (including phenoxy) is 2. The molecule has 2 N–H and O–H groups in total. The summed E-state index contributed by atoms with van der Waals surface area (Å²) in [5.74, 6) is 0.966. The van der Waals surface area contributed by atoms with Crippen molar-refractivity contribution in [1.82, 2.24) is 0 Å². The number of nitrogens with two attached hydrogens (primary N) is 1. The van der Waals surface area contributed by atoms with Gasteiger partial charge in [0.05, 0.1) is 19.3 Å². The van der Waals surface area contributed by atoms with Crippen molar-refractivity contribution >= 4 is 0 Å². The van der Waals surface area contributed by atoms with Crippen LogP contribution in [0.25, 0.3) is 0 Å². The largest absolute Gasteiger partial charge is 0.496 e. The van der Waals surface area contributed by atoms with Crippen LogP contribution in [0.3, 0.4) is 0 Å². The maximum Gasteiger partial charge on any atom is 0.122 e. The lowest BCUT2D eigenvalue weighted by atomic mass is 9.70. The summed E-state index contributed by atoms with van der Waals surface area (Å²) in [4.78, 5) is 0. The van der Waals surface area contributed by atoms with Gasteiger partial charge in [-0.15, -0.1) is 0 Å². The highest BCUT2D eigenvalue weighted by molar-refractivity contribution is 5.34. The SMILES string of the molecule is COc1ccccc1CC1(CN)CC2CCC1O2. The molecule has 0 aliphatic carbocycles. The Morgan fingerprint density at radius 2 is 2.22 bits per heavy atom. The molecule has 2 aliphatic rings. The van der Waals surface area contributed by atoms with E-state index in [2.05, 4.69) is 12.1 Å². The molecule has 0 radical (unpaired) electrons. The van der Waals surface area contributed by atoms with E-state index in [0.29, 0.717) is 18.8 Å². The van der Waals surface area contributed by atoms with Gasteiger partial charge in [0.15, 0.2) is 0 Å². The molecule has 2 aliphatic heterocycles. The first-order valence-corrected chi connectivity index (χ1v) is 6.75. The third-order valence-electron chi connectivity index (χ3n) is 4.57. The van der Waals surface area contributed by atoms with Crippen molar-refractivity contribution in [2.24, 2.45) is 11.1 Å². The maximum atomic E-state index is 6.07. The Morgan fingerprint density at radius 1 is 1.39 bits per heavy atom. The topological polar surface area (TPSA) is 44.5 Å². The van der Waals surface area contributed by atoms with Gasteiger partial charge in [-0.3, -0.25) is 0 Å². The normalized spacial score (nSPS) is 33.9. The van der Waals surface area contributed by atoms with Crippen LogP contribution < -0.4 is 10.5 Å². The van der Waals surface area contributed by atoms with E-state index in [9.17, 15) is 0 Å². The van der Waals surface area contributed by atoms with Crippen LogP contribution in [0.5, 0.6) is 5.75 Å². The van der Waals surface area contributed by atoms with Gasteiger partial charge in [0.2, 0.25) is 0 Å². The molecule has 2 saturated heterocycles. The Balaban J connectivity index is 1.86. The molecular formula is C15H21NO2. The smallest absolute Gasteiger partial charge is 0.122 e. The number of fused-ring (bicyclic) bond motifs is 2. The van der Waals surface area contributed by atoms with Crippen molar-refractivity contribution in [2.45, 2.75) is 37.9 Å². The molecule has 3 atom stereocenters. The van der Waals surface area contributed by atoms with Crippen LogP contribution in [-0.2, 0) is 11.2 Å². The van der Waals surface area contributed by atoms with Crippen molar-refractivity contribution in [2.75, 3.05) is 13.7 Å². The minimum Gasteiger partial charge on any atom is -0.496 e. The zero-order valence-electron chi connectivity index (χ0n) is 10.9. The van der Waals surface area contributed by atoms with Gasteiger partial charge in [0.25, 0.3) is 0 Å². The van der Waals surface area contributed by atoms with Crippen molar-refractivity contribution in [1.29, 1.82) is 0 Å². The van der Waals surface area contributed by atoms with Crippen LogP contribution in [0, 0.1) is 5.41 Å². The standard InChI is InChI=1S/C15H21NO2/c1-17-13-5-3-2-4-11(13)8-15(10-16)9-12-6-7-14(15)18-12/h2-5,12,14H,6-10,16H2,1H3. The lowest BCUT2D eigenvalue weighted by Gasteiger charge is -2.34. The third-order valence-corrected chi connectivity index (χ3v) is 4.57. The van der Waals surface area contributed by atoms with Crippen LogP contribution in [0.15, 0.2) is 24.3 Å². The fraction of sp³-hybridized carbons (Fsp3) is 0.600. The van der Waals surface area contributed by atoms with Crippen molar-refractivity contribution < 1.29 is 9.47 Å². The number of methoxy groups -OCH3 is 1. The summed E-state index contributed by atoms with van der Waals surface area (Å²) < 4.78 is 11.4. The van der Waals surface area contributed by atoms with Crippen LogP contribution in [-0.4, -0.2) is 25.9 Å². The molecule has 0 aromatic heterocycles. The molecule has 2 fully saturated rings. The summed E-state index contributed by atoms with van der Waals surface area (Å²) in [7, 11) is 1.73. The number of hydrogen-bond acceptors (Lipinski definition) is 3. The summed E-state index contributed by atoms with van der Waals surface area (Å²) in [6.45, 7) is 0.701. The molecule has 1 aromatic rings. The summed E-state index contributed by atoms with van der Waals surface area (Å²) in [6.07, 6.45) is 5.22. The molecule has 2 bridgehead atoms. The van der Waals surface area contributed by atoms with Gasteiger partial charge >= 0.3 is 0 Å². The molecular weight excluding hydrogens is 226 g/mol. The number of rotatable bonds is 4. The molecule has 0 amide bonds. The first kappa shape index (κ1) is 12.0. The number of benzene rings is 1. The van der Waals surface area contributed by atoms with Gasteiger partial charge < -0.3 is 15.2 Å². The minimum absolute atomic E-state index is 0.123.